The lowest BCUT2D eigenvalue weighted by atomic mass is 10.0. The van der Waals surface area contributed by atoms with Crippen molar-refractivity contribution >= 4 is 39.5 Å². The molecular formula is C23H25BrClN3O3. The number of hydrogen-bond donors (Lipinski definition) is 1. The van der Waals surface area contributed by atoms with E-state index in [1.807, 2.05) is 42.5 Å². The van der Waals surface area contributed by atoms with E-state index in [9.17, 15) is 9.59 Å². The summed E-state index contributed by atoms with van der Waals surface area (Å²) in [6.45, 7) is 1.47. The van der Waals surface area contributed by atoms with Gasteiger partial charge in [-0.25, -0.2) is 4.79 Å². The van der Waals surface area contributed by atoms with Crippen molar-refractivity contribution in [3.05, 3.63) is 63.1 Å². The smallest absolute Gasteiger partial charge is 0.318 e. The van der Waals surface area contributed by atoms with E-state index in [-0.39, 0.29) is 18.0 Å². The minimum absolute atomic E-state index is 0.0447. The Morgan fingerprint density at radius 3 is 2.81 bits per heavy atom. The first-order valence-corrected chi connectivity index (χ1v) is 11.6. The molecule has 0 spiro atoms. The van der Waals surface area contributed by atoms with E-state index >= 15 is 0 Å². The molecule has 0 bridgehead atoms. The minimum Gasteiger partial charge on any atom is -0.491 e. The Hall–Kier alpha value is -2.25. The van der Waals surface area contributed by atoms with Gasteiger partial charge in [-0.15, -0.1) is 0 Å². The number of ether oxygens (including phenoxy) is 1. The fourth-order valence-electron chi connectivity index (χ4n) is 4.18. The van der Waals surface area contributed by atoms with Crippen LogP contribution in [0.25, 0.3) is 0 Å². The molecule has 1 N–H and O–H groups in total. The van der Waals surface area contributed by atoms with Gasteiger partial charge in [0.2, 0.25) is 5.91 Å². The highest BCUT2D eigenvalue weighted by atomic mass is 79.9. The molecule has 8 heteroatoms. The number of likely N-dealkylation sites (N-methyl/N-ethyl adjacent to an activating group) is 1. The number of nitrogens with zero attached hydrogens (tertiary/aromatic N) is 2. The Labute approximate surface area is 195 Å². The minimum atomic E-state index is -0.441. The van der Waals surface area contributed by atoms with Crippen molar-refractivity contribution in [2.75, 3.05) is 20.2 Å². The summed E-state index contributed by atoms with van der Waals surface area (Å²) in [4.78, 5) is 29.4. The second-order valence-corrected chi connectivity index (χ2v) is 9.44. The Morgan fingerprint density at radius 1 is 1.26 bits per heavy atom. The van der Waals surface area contributed by atoms with Crippen molar-refractivity contribution in [3.8, 4) is 5.75 Å². The summed E-state index contributed by atoms with van der Waals surface area (Å²) in [6.07, 6.45) is 2.19. The zero-order chi connectivity index (χ0) is 22.0. The number of nitrogens with one attached hydrogen (secondary N) is 1. The maximum absolute atomic E-state index is 13.1. The van der Waals surface area contributed by atoms with Crippen LogP contribution in [0.5, 0.6) is 5.75 Å². The lowest BCUT2D eigenvalue weighted by Crippen LogP contribution is -2.53. The quantitative estimate of drug-likeness (QED) is 0.675. The number of amides is 3. The van der Waals surface area contributed by atoms with E-state index in [4.69, 9.17) is 16.3 Å². The van der Waals surface area contributed by atoms with Crippen LogP contribution in [0.15, 0.2) is 46.9 Å². The van der Waals surface area contributed by atoms with Gasteiger partial charge in [0.15, 0.2) is 0 Å². The van der Waals surface area contributed by atoms with Gasteiger partial charge in [-0.2, -0.15) is 0 Å². The molecule has 2 aromatic carbocycles. The molecule has 2 aliphatic heterocycles. The first kappa shape index (κ1) is 22.0. The highest BCUT2D eigenvalue weighted by Crippen LogP contribution is 2.28. The van der Waals surface area contributed by atoms with Crippen LogP contribution >= 0.6 is 27.5 Å². The van der Waals surface area contributed by atoms with E-state index in [2.05, 4.69) is 21.2 Å². The topological polar surface area (TPSA) is 61.9 Å². The van der Waals surface area contributed by atoms with Crippen LogP contribution in [-0.2, 0) is 17.8 Å². The molecule has 2 aromatic rings. The van der Waals surface area contributed by atoms with Gasteiger partial charge in [-0.05, 0) is 60.7 Å². The van der Waals surface area contributed by atoms with Crippen molar-refractivity contribution < 1.29 is 14.3 Å². The second kappa shape index (κ2) is 9.49. The van der Waals surface area contributed by atoms with Gasteiger partial charge in [0.1, 0.15) is 18.4 Å². The van der Waals surface area contributed by atoms with E-state index in [1.165, 1.54) is 0 Å². The van der Waals surface area contributed by atoms with Gasteiger partial charge in [-0.1, -0.05) is 39.7 Å². The molecule has 2 aliphatic rings. The highest BCUT2D eigenvalue weighted by Gasteiger charge is 2.36. The first-order chi connectivity index (χ1) is 14.9. The lowest BCUT2D eigenvalue weighted by molar-refractivity contribution is -0.134. The van der Waals surface area contributed by atoms with Gasteiger partial charge in [-0.3, -0.25) is 4.79 Å². The van der Waals surface area contributed by atoms with Crippen molar-refractivity contribution in [2.45, 2.75) is 37.9 Å². The standard InChI is InChI=1S/C23H25BrClN3O3/c1-27(13-15-4-7-18(25)8-5-15)22(29)20-3-2-10-28(20)23(30)26-19-12-16-11-17(24)6-9-21(16)31-14-19/h4-9,11,19-20H,2-3,10,12-14H2,1H3,(H,26,30)/t19?,20-/m1/s1. The molecule has 2 atom stereocenters. The van der Waals surface area contributed by atoms with Gasteiger partial charge >= 0.3 is 6.03 Å². The third-order valence-corrected chi connectivity index (χ3v) is 6.51. The summed E-state index contributed by atoms with van der Waals surface area (Å²) in [5.41, 5.74) is 2.06. The van der Waals surface area contributed by atoms with Gasteiger partial charge in [0, 0.05) is 29.6 Å². The molecule has 1 fully saturated rings. The summed E-state index contributed by atoms with van der Waals surface area (Å²) < 4.78 is 6.79. The molecule has 1 unspecified atom stereocenters. The molecule has 2 heterocycles. The number of halogens is 2. The van der Waals surface area contributed by atoms with Crippen molar-refractivity contribution in [1.82, 2.24) is 15.1 Å². The maximum Gasteiger partial charge on any atom is 0.318 e. The zero-order valence-corrected chi connectivity index (χ0v) is 19.7. The summed E-state index contributed by atoms with van der Waals surface area (Å²) >= 11 is 9.42. The van der Waals surface area contributed by atoms with Crippen LogP contribution in [-0.4, -0.2) is 54.0 Å². The summed E-state index contributed by atoms with van der Waals surface area (Å²) in [5.74, 6) is 0.809. The molecular weight excluding hydrogens is 482 g/mol. The molecule has 0 saturated carbocycles. The molecule has 0 radical (unpaired) electrons. The van der Waals surface area contributed by atoms with E-state index in [0.717, 1.165) is 27.8 Å². The van der Waals surface area contributed by atoms with Crippen molar-refractivity contribution in [3.63, 3.8) is 0 Å². The van der Waals surface area contributed by atoms with Gasteiger partial charge in [0.25, 0.3) is 0 Å². The third kappa shape index (κ3) is 5.15. The molecule has 3 amide bonds. The normalized spacial score (nSPS) is 20.0. The van der Waals surface area contributed by atoms with Gasteiger partial charge < -0.3 is 19.9 Å². The Balaban J connectivity index is 1.36. The van der Waals surface area contributed by atoms with Crippen LogP contribution in [0.2, 0.25) is 5.02 Å². The number of rotatable bonds is 4. The lowest BCUT2D eigenvalue weighted by Gasteiger charge is -2.31. The van der Waals surface area contributed by atoms with Crippen molar-refractivity contribution in [2.24, 2.45) is 0 Å². The van der Waals surface area contributed by atoms with Crippen LogP contribution < -0.4 is 10.1 Å². The number of carbonyl (C=O) groups excluding carboxylic acids is 2. The van der Waals surface area contributed by atoms with E-state index in [0.29, 0.717) is 37.6 Å². The molecule has 6 nitrogen and oxygen atoms in total. The zero-order valence-electron chi connectivity index (χ0n) is 17.3. The predicted octanol–water partition coefficient (Wildman–Crippen LogP) is 4.24. The SMILES string of the molecule is CN(Cc1ccc(Cl)cc1)C(=O)[C@H]1CCCN1C(=O)NC1COc2ccc(Br)cc2C1. The number of benzene rings is 2. The van der Waals surface area contributed by atoms with Crippen molar-refractivity contribution in [1.29, 1.82) is 0 Å². The average molecular weight is 507 g/mol. The number of hydrogen-bond acceptors (Lipinski definition) is 3. The van der Waals surface area contributed by atoms with Crippen LogP contribution in [0.4, 0.5) is 4.79 Å². The van der Waals surface area contributed by atoms with Crippen LogP contribution in [0, 0.1) is 0 Å². The molecule has 31 heavy (non-hydrogen) atoms. The number of carbonyl (C=O) groups is 2. The summed E-state index contributed by atoms with van der Waals surface area (Å²) in [5, 5.41) is 3.73. The number of fused-ring (bicyclic) bond motifs is 1. The Morgan fingerprint density at radius 2 is 2.03 bits per heavy atom. The summed E-state index contributed by atoms with van der Waals surface area (Å²) in [7, 11) is 1.77. The van der Waals surface area contributed by atoms with Crippen LogP contribution in [0.1, 0.15) is 24.0 Å². The number of urea groups is 1. The van der Waals surface area contributed by atoms with Crippen LogP contribution in [0.3, 0.4) is 0 Å². The Bertz CT molecular complexity index is 969. The highest BCUT2D eigenvalue weighted by molar-refractivity contribution is 9.10. The predicted molar refractivity (Wildman–Crippen MR) is 123 cm³/mol. The third-order valence-electron chi connectivity index (χ3n) is 5.76. The maximum atomic E-state index is 13.1. The van der Waals surface area contributed by atoms with Gasteiger partial charge in [0.05, 0.1) is 6.04 Å². The molecule has 0 aliphatic carbocycles. The van der Waals surface area contributed by atoms with E-state index < -0.39 is 6.04 Å². The summed E-state index contributed by atoms with van der Waals surface area (Å²) in [6, 6.07) is 12.6. The second-order valence-electron chi connectivity index (χ2n) is 8.09. The fraction of sp³-hybridized carbons (Fsp3) is 0.391. The van der Waals surface area contributed by atoms with E-state index in [1.54, 1.807) is 16.8 Å². The first-order valence-electron chi connectivity index (χ1n) is 10.4. The molecule has 1 saturated heterocycles. The molecule has 0 aromatic heterocycles. The molecule has 164 valence electrons. The fourth-order valence-corrected chi connectivity index (χ4v) is 4.71. The molecule has 4 rings (SSSR count). The number of likely N-dealkylation sites (tertiary alicyclic amines) is 1. The largest absolute Gasteiger partial charge is 0.491 e. The monoisotopic (exact) mass is 505 g/mol. The average Bonchev–Trinajstić information content (AvgIpc) is 3.24. The Kier molecular flexibility index (Phi) is 6.72.